The highest BCUT2D eigenvalue weighted by molar-refractivity contribution is 9.10. The van der Waals surface area contributed by atoms with Gasteiger partial charge in [-0.15, -0.1) is 0 Å². The largest absolute Gasteiger partial charge is 0.465 e. The fourth-order valence-electron chi connectivity index (χ4n) is 3.22. The second kappa shape index (κ2) is 6.95. The van der Waals surface area contributed by atoms with Crippen LogP contribution in [-0.4, -0.2) is 49.8 Å². The van der Waals surface area contributed by atoms with Crippen molar-refractivity contribution in [2.45, 2.75) is 18.9 Å². The predicted octanol–water partition coefficient (Wildman–Crippen LogP) is 3.71. The minimum absolute atomic E-state index is 0.197. The summed E-state index contributed by atoms with van der Waals surface area (Å²) in [5.74, 6) is 0.855. The Balaban J connectivity index is 1.65. The van der Waals surface area contributed by atoms with Gasteiger partial charge in [-0.25, -0.2) is 9.78 Å². The number of carboxylic acid groups (broad SMARTS) is 1. The minimum atomic E-state index is -0.850. The van der Waals surface area contributed by atoms with Gasteiger partial charge in [-0.1, -0.05) is 30.3 Å². The molecule has 1 saturated heterocycles. The molecule has 2 aromatic heterocycles. The molecular formula is C18H18BrN5O2. The molecule has 7 nitrogen and oxygen atoms in total. The molecule has 134 valence electrons. The molecule has 2 N–H and O–H groups in total. The number of halogens is 1. The number of nitrogens with one attached hydrogen (secondary N) is 1. The Bertz CT molecular complexity index is 935. The highest BCUT2D eigenvalue weighted by atomic mass is 79.9. The van der Waals surface area contributed by atoms with Crippen molar-refractivity contribution in [1.29, 1.82) is 0 Å². The summed E-state index contributed by atoms with van der Waals surface area (Å²) in [4.78, 5) is 17.3. The molecular weight excluding hydrogens is 398 g/mol. The van der Waals surface area contributed by atoms with E-state index >= 15 is 0 Å². The average molecular weight is 416 g/mol. The summed E-state index contributed by atoms with van der Waals surface area (Å²) in [6.07, 6.45) is 2.41. The van der Waals surface area contributed by atoms with Crippen molar-refractivity contribution < 1.29 is 9.90 Å². The summed E-state index contributed by atoms with van der Waals surface area (Å²) in [6, 6.07) is 12.2. The molecule has 0 unspecified atom stereocenters. The zero-order valence-electron chi connectivity index (χ0n) is 14.0. The lowest BCUT2D eigenvalue weighted by Crippen LogP contribution is -2.41. The SMILES string of the molecule is O=C(O)N1CCC(Nc2cc(-c3ccccc3)nc3c(Br)cnn23)CC1. The van der Waals surface area contributed by atoms with Gasteiger partial charge in [0.15, 0.2) is 5.65 Å². The molecule has 1 aliphatic heterocycles. The zero-order chi connectivity index (χ0) is 18.1. The monoisotopic (exact) mass is 415 g/mol. The van der Waals surface area contributed by atoms with Gasteiger partial charge in [-0.3, -0.25) is 0 Å². The van der Waals surface area contributed by atoms with Gasteiger partial charge in [-0.2, -0.15) is 9.61 Å². The van der Waals surface area contributed by atoms with Crippen molar-refractivity contribution in [3.63, 3.8) is 0 Å². The molecule has 3 heterocycles. The van der Waals surface area contributed by atoms with Gasteiger partial charge in [0.25, 0.3) is 0 Å². The normalized spacial score (nSPS) is 15.3. The van der Waals surface area contributed by atoms with Gasteiger partial charge in [0, 0.05) is 30.8 Å². The summed E-state index contributed by atoms with van der Waals surface area (Å²) in [7, 11) is 0. The van der Waals surface area contributed by atoms with Crippen LogP contribution < -0.4 is 5.32 Å². The molecule has 0 radical (unpaired) electrons. The summed E-state index contributed by atoms with van der Waals surface area (Å²) < 4.78 is 2.61. The first-order valence-electron chi connectivity index (χ1n) is 8.46. The third-order valence-corrected chi connectivity index (χ3v) is 5.18. The van der Waals surface area contributed by atoms with Gasteiger partial charge in [0.2, 0.25) is 0 Å². The number of anilines is 1. The van der Waals surface area contributed by atoms with E-state index in [1.165, 1.54) is 4.90 Å². The Morgan fingerprint density at radius 1 is 1.23 bits per heavy atom. The summed E-state index contributed by atoms with van der Waals surface area (Å²) in [6.45, 7) is 1.07. The standard InChI is InChI=1S/C18H18BrN5O2/c19-14-11-20-24-16(21-13-6-8-23(9-7-13)18(25)26)10-15(22-17(14)24)12-4-2-1-3-5-12/h1-5,10-11,13,21H,6-9H2,(H,25,26). The van der Waals surface area contributed by atoms with Crippen LogP contribution in [0.3, 0.4) is 0 Å². The van der Waals surface area contributed by atoms with Gasteiger partial charge < -0.3 is 15.3 Å². The predicted molar refractivity (Wildman–Crippen MR) is 102 cm³/mol. The van der Waals surface area contributed by atoms with E-state index in [0.717, 1.165) is 40.0 Å². The molecule has 1 fully saturated rings. The molecule has 0 saturated carbocycles. The van der Waals surface area contributed by atoms with Gasteiger partial charge in [0.05, 0.1) is 16.4 Å². The lowest BCUT2D eigenvalue weighted by molar-refractivity contribution is 0.133. The zero-order valence-corrected chi connectivity index (χ0v) is 15.6. The number of hydrogen-bond donors (Lipinski definition) is 2. The van der Waals surface area contributed by atoms with Gasteiger partial charge in [-0.05, 0) is 28.8 Å². The highest BCUT2D eigenvalue weighted by Gasteiger charge is 2.23. The van der Waals surface area contributed by atoms with E-state index in [9.17, 15) is 4.79 Å². The minimum Gasteiger partial charge on any atom is -0.465 e. The second-order valence-corrected chi connectivity index (χ2v) is 7.16. The number of nitrogens with zero attached hydrogens (tertiary/aromatic N) is 4. The van der Waals surface area contributed by atoms with E-state index in [4.69, 9.17) is 10.1 Å². The lowest BCUT2D eigenvalue weighted by Gasteiger charge is -2.31. The smallest absolute Gasteiger partial charge is 0.407 e. The average Bonchev–Trinajstić information content (AvgIpc) is 3.04. The summed E-state index contributed by atoms with van der Waals surface area (Å²) in [5.41, 5.74) is 2.65. The van der Waals surface area contributed by atoms with Crippen LogP contribution in [0, 0.1) is 0 Å². The highest BCUT2D eigenvalue weighted by Crippen LogP contribution is 2.27. The maximum absolute atomic E-state index is 11.1. The molecule has 0 bridgehead atoms. The molecule has 1 aliphatic rings. The number of benzene rings is 1. The molecule has 26 heavy (non-hydrogen) atoms. The van der Waals surface area contributed by atoms with Crippen LogP contribution in [0.1, 0.15) is 12.8 Å². The topological polar surface area (TPSA) is 82.8 Å². The van der Waals surface area contributed by atoms with Crippen LogP contribution in [0.5, 0.6) is 0 Å². The van der Waals surface area contributed by atoms with Crippen molar-refractivity contribution in [3.8, 4) is 11.3 Å². The van der Waals surface area contributed by atoms with E-state index in [1.807, 2.05) is 36.4 Å². The van der Waals surface area contributed by atoms with Crippen LogP contribution in [0.2, 0.25) is 0 Å². The third-order valence-electron chi connectivity index (χ3n) is 4.62. The van der Waals surface area contributed by atoms with Crippen LogP contribution in [0.15, 0.2) is 47.1 Å². The first kappa shape index (κ1) is 16.8. The maximum atomic E-state index is 11.1. The van der Waals surface area contributed by atoms with Crippen molar-refractivity contribution in [2.75, 3.05) is 18.4 Å². The number of rotatable bonds is 3. The molecule has 4 rings (SSSR count). The Hall–Kier alpha value is -2.61. The number of fused-ring (bicyclic) bond motifs is 1. The fourth-order valence-corrected chi connectivity index (χ4v) is 3.57. The number of carbonyl (C=O) groups is 1. The number of amides is 1. The number of piperidine rings is 1. The van der Waals surface area contributed by atoms with Crippen molar-refractivity contribution >= 4 is 33.5 Å². The van der Waals surface area contributed by atoms with E-state index in [-0.39, 0.29) is 6.04 Å². The molecule has 1 amide bonds. The molecule has 0 atom stereocenters. The molecule has 8 heteroatoms. The summed E-state index contributed by atoms with van der Waals surface area (Å²) in [5, 5.41) is 17.0. The Kier molecular flexibility index (Phi) is 4.50. The van der Waals surface area contributed by atoms with Crippen LogP contribution in [-0.2, 0) is 0 Å². The van der Waals surface area contributed by atoms with E-state index in [0.29, 0.717) is 13.1 Å². The van der Waals surface area contributed by atoms with Crippen molar-refractivity contribution in [3.05, 3.63) is 47.1 Å². The maximum Gasteiger partial charge on any atom is 0.407 e. The van der Waals surface area contributed by atoms with Crippen molar-refractivity contribution in [1.82, 2.24) is 19.5 Å². The summed E-state index contributed by atoms with van der Waals surface area (Å²) >= 11 is 3.51. The Morgan fingerprint density at radius 2 is 1.96 bits per heavy atom. The second-order valence-electron chi connectivity index (χ2n) is 6.31. The molecule has 3 aromatic rings. The van der Waals surface area contributed by atoms with Crippen LogP contribution >= 0.6 is 15.9 Å². The Morgan fingerprint density at radius 3 is 2.65 bits per heavy atom. The molecule has 0 spiro atoms. The molecule has 1 aromatic carbocycles. The van der Waals surface area contributed by atoms with Crippen LogP contribution in [0.4, 0.5) is 10.6 Å². The van der Waals surface area contributed by atoms with E-state index in [1.54, 1.807) is 10.7 Å². The van der Waals surface area contributed by atoms with Gasteiger partial charge >= 0.3 is 6.09 Å². The fraction of sp³-hybridized carbons (Fsp3) is 0.278. The lowest BCUT2D eigenvalue weighted by atomic mass is 10.1. The molecule has 0 aliphatic carbocycles. The van der Waals surface area contributed by atoms with E-state index in [2.05, 4.69) is 26.3 Å². The van der Waals surface area contributed by atoms with E-state index < -0.39 is 6.09 Å². The van der Waals surface area contributed by atoms with Crippen LogP contribution in [0.25, 0.3) is 16.9 Å². The Labute approximate surface area is 158 Å². The first-order chi connectivity index (χ1) is 12.6. The number of aromatic nitrogens is 3. The quantitative estimate of drug-likeness (QED) is 0.680. The van der Waals surface area contributed by atoms with Gasteiger partial charge in [0.1, 0.15) is 5.82 Å². The number of hydrogen-bond acceptors (Lipinski definition) is 4. The third kappa shape index (κ3) is 3.24. The first-order valence-corrected chi connectivity index (χ1v) is 9.25. The van der Waals surface area contributed by atoms with Crippen molar-refractivity contribution in [2.24, 2.45) is 0 Å². The number of likely N-dealkylation sites (tertiary alicyclic amines) is 1.